The molecule has 2 rings (SSSR count). The van der Waals surface area contributed by atoms with Gasteiger partial charge in [0.2, 0.25) is 0 Å². The van der Waals surface area contributed by atoms with E-state index in [9.17, 15) is 0 Å². The van der Waals surface area contributed by atoms with Gasteiger partial charge in [-0.2, -0.15) is 0 Å². The van der Waals surface area contributed by atoms with Gasteiger partial charge in [0.1, 0.15) is 5.75 Å². The van der Waals surface area contributed by atoms with Gasteiger partial charge in [-0.15, -0.1) is 0 Å². The molecule has 0 aliphatic heterocycles. The van der Waals surface area contributed by atoms with Crippen molar-refractivity contribution in [3.8, 4) is 17.0 Å². The van der Waals surface area contributed by atoms with Crippen LogP contribution >= 0.6 is 11.6 Å². The Bertz CT molecular complexity index is 522. The number of hydrogen-bond donors (Lipinski definition) is 2. The lowest BCUT2D eigenvalue weighted by Crippen LogP contribution is -1.91. The van der Waals surface area contributed by atoms with Gasteiger partial charge in [0.05, 0.1) is 19.0 Å². The molecule has 1 heterocycles. The number of nitrogens with zero attached hydrogens (tertiary/aromatic N) is 1. The number of nitrogen functional groups attached to an aromatic ring is 1. The molecule has 0 saturated heterocycles. The normalized spacial score (nSPS) is 10.4. The van der Waals surface area contributed by atoms with Crippen LogP contribution in [0, 0.1) is 6.92 Å². The maximum atomic E-state index is 6.08. The second-order valence-electron chi connectivity index (χ2n) is 3.48. The van der Waals surface area contributed by atoms with Crippen molar-refractivity contribution >= 4 is 17.5 Å². The summed E-state index contributed by atoms with van der Waals surface area (Å²) < 4.78 is 5.30. The number of nitrogens with one attached hydrogen (secondary N) is 1. The average molecular weight is 238 g/mol. The molecule has 2 aromatic rings. The molecule has 0 unspecified atom stereocenters. The van der Waals surface area contributed by atoms with Gasteiger partial charge in [-0.05, 0) is 24.6 Å². The molecule has 0 amide bonds. The first-order valence-corrected chi connectivity index (χ1v) is 5.14. The second-order valence-corrected chi connectivity index (χ2v) is 3.89. The van der Waals surface area contributed by atoms with Crippen molar-refractivity contribution in [2.45, 2.75) is 6.92 Å². The van der Waals surface area contributed by atoms with E-state index in [4.69, 9.17) is 22.1 Å². The summed E-state index contributed by atoms with van der Waals surface area (Å²) in [7, 11) is 1.62. The summed E-state index contributed by atoms with van der Waals surface area (Å²) in [5.74, 6) is 1.11. The summed E-state index contributed by atoms with van der Waals surface area (Å²) in [6, 6.07) is 3.72. The molecule has 4 nitrogen and oxygen atoms in total. The molecular weight excluding hydrogens is 226 g/mol. The summed E-state index contributed by atoms with van der Waals surface area (Å²) in [5.41, 5.74) is 8.14. The minimum absolute atomic E-state index is 0.369. The molecule has 84 valence electrons. The number of benzene rings is 1. The number of imidazole rings is 1. The van der Waals surface area contributed by atoms with Crippen LogP contribution in [0.5, 0.6) is 5.75 Å². The lowest BCUT2D eigenvalue weighted by atomic mass is 10.1. The number of rotatable bonds is 2. The Hall–Kier alpha value is -1.68. The van der Waals surface area contributed by atoms with Gasteiger partial charge in [0.25, 0.3) is 0 Å². The maximum absolute atomic E-state index is 6.08. The lowest BCUT2D eigenvalue weighted by molar-refractivity contribution is 0.416. The first-order chi connectivity index (χ1) is 7.61. The zero-order valence-corrected chi connectivity index (χ0v) is 9.80. The molecule has 0 saturated carbocycles. The Balaban J connectivity index is 2.59. The van der Waals surface area contributed by atoms with Crippen LogP contribution in [-0.2, 0) is 0 Å². The molecule has 0 radical (unpaired) electrons. The zero-order chi connectivity index (χ0) is 11.7. The number of aromatic nitrogens is 2. The smallest absolute Gasteiger partial charge is 0.197 e. The van der Waals surface area contributed by atoms with Crippen LogP contribution in [0.4, 0.5) is 5.95 Å². The largest absolute Gasteiger partial charge is 0.496 e. The lowest BCUT2D eigenvalue weighted by Gasteiger charge is -2.09. The van der Waals surface area contributed by atoms with Gasteiger partial charge in [-0.1, -0.05) is 11.6 Å². The summed E-state index contributed by atoms with van der Waals surface area (Å²) in [5, 5.41) is 0.684. The van der Waals surface area contributed by atoms with Crippen LogP contribution < -0.4 is 10.5 Å². The number of aryl methyl sites for hydroxylation is 1. The van der Waals surface area contributed by atoms with E-state index in [-0.39, 0.29) is 0 Å². The van der Waals surface area contributed by atoms with E-state index in [1.807, 2.05) is 19.1 Å². The third-order valence-electron chi connectivity index (χ3n) is 2.37. The van der Waals surface area contributed by atoms with E-state index in [1.165, 1.54) is 0 Å². The van der Waals surface area contributed by atoms with Crippen LogP contribution in [0.15, 0.2) is 18.3 Å². The first-order valence-electron chi connectivity index (χ1n) is 4.77. The predicted octanol–water partition coefficient (Wildman–Crippen LogP) is 2.63. The Labute approximate surface area is 98.4 Å². The van der Waals surface area contributed by atoms with E-state index in [0.29, 0.717) is 11.0 Å². The fourth-order valence-electron chi connectivity index (χ4n) is 1.51. The molecule has 0 atom stereocenters. The van der Waals surface area contributed by atoms with Crippen LogP contribution in [0.3, 0.4) is 0 Å². The highest BCUT2D eigenvalue weighted by atomic mass is 35.5. The highest BCUT2D eigenvalue weighted by molar-refractivity contribution is 6.31. The molecular formula is C11H12ClN3O. The summed E-state index contributed by atoms with van der Waals surface area (Å²) >= 11 is 6.08. The quantitative estimate of drug-likeness (QED) is 0.844. The van der Waals surface area contributed by atoms with Gasteiger partial charge in [0.15, 0.2) is 5.95 Å². The van der Waals surface area contributed by atoms with Crippen molar-refractivity contribution in [1.82, 2.24) is 9.97 Å². The van der Waals surface area contributed by atoms with Crippen LogP contribution in [0.2, 0.25) is 5.02 Å². The number of anilines is 1. The first kappa shape index (κ1) is 10.8. The van der Waals surface area contributed by atoms with E-state index in [2.05, 4.69) is 9.97 Å². The van der Waals surface area contributed by atoms with Gasteiger partial charge >= 0.3 is 0 Å². The fraction of sp³-hybridized carbons (Fsp3) is 0.182. The molecule has 3 N–H and O–H groups in total. The molecule has 0 aliphatic carbocycles. The third-order valence-corrected chi connectivity index (χ3v) is 2.77. The Morgan fingerprint density at radius 2 is 2.19 bits per heavy atom. The maximum Gasteiger partial charge on any atom is 0.197 e. The average Bonchev–Trinajstić information content (AvgIpc) is 2.68. The van der Waals surface area contributed by atoms with Crippen molar-refractivity contribution in [1.29, 1.82) is 0 Å². The number of aromatic amines is 1. The number of H-pyrrole nitrogens is 1. The van der Waals surface area contributed by atoms with Crippen molar-refractivity contribution in [3.05, 3.63) is 28.9 Å². The van der Waals surface area contributed by atoms with Gasteiger partial charge in [-0.3, -0.25) is 0 Å². The fourth-order valence-corrected chi connectivity index (χ4v) is 1.67. The number of halogens is 1. The van der Waals surface area contributed by atoms with Crippen LogP contribution in [0.1, 0.15) is 5.56 Å². The molecule has 5 heteroatoms. The Morgan fingerprint density at radius 3 is 2.75 bits per heavy atom. The van der Waals surface area contributed by atoms with Crippen LogP contribution in [0.25, 0.3) is 11.3 Å². The number of ether oxygens (including phenoxy) is 1. The van der Waals surface area contributed by atoms with Crippen molar-refractivity contribution < 1.29 is 4.74 Å². The SMILES string of the molecule is COc1cc(C)c(Cl)cc1-c1cnc(N)[nH]1. The minimum Gasteiger partial charge on any atom is -0.496 e. The number of nitrogens with two attached hydrogens (primary N) is 1. The summed E-state index contributed by atoms with van der Waals surface area (Å²) in [6.07, 6.45) is 1.65. The molecule has 16 heavy (non-hydrogen) atoms. The number of hydrogen-bond acceptors (Lipinski definition) is 3. The van der Waals surface area contributed by atoms with Crippen LogP contribution in [-0.4, -0.2) is 17.1 Å². The van der Waals surface area contributed by atoms with Crippen molar-refractivity contribution in [3.63, 3.8) is 0 Å². The van der Waals surface area contributed by atoms with Gasteiger partial charge in [-0.25, -0.2) is 4.98 Å². The monoisotopic (exact) mass is 237 g/mol. The third kappa shape index (κ3) is 1.84. The van der Waals surface area contributed by atoms with E-state index in [1.54, 1.807) is 13.3 Å². The molecule has 0 bridgehead atoms. The zero-order valence-electron chi connectivity index (χ0n) is 9.04. The molecule has 1 aromatic heterocycles. The van der Waals surface area contributed by atoms with Gasteiger partial charge in [0, 0.05) is 10.6 Å². The molecule has 1 aromatic carbocycles. The molecule has 0 fully saturated rings. The van der Waals surface area contributed by atoms with Gasteiger partial charge < -0.3 is 15.5 Å². The Kier molecular flexibility index (Phi) is 2.75. The second kappa shape index (κ2) is 4.06. The predicted molar refractivity (Wildman–Crippen MR) is 64.7 cm³/mol. The van der Waals surface area contributed by atoms with Crippen molar-refractivity contribution in [2.24, 2.45) is 0 Å². The number of methoxy groups -OCH3 is 1. The van der Waals surface area contributed by atoms with Crippen molar-refractivity contribution in [2.75, 3.05) is 12.8 Å². The van der Waals surface area contributed by atoms with E-state index >= 15 is 0 Å². The summed E-state index contributed by atoms with van der Waals surface area (Å²) in [4.78, 5) is 6.89. The van der Waals surface area contributed by atoms with E-state index < -0.39 is 0 Å². The molecule has 0 aliphatic rings. The standard InChI is InChI=1S/C11H12ClN3O/c1-6-3-10(16-2)7(4-8(6)12)9-5-14-11(13)15-9/h3-5H,1-2H3,(H3,13,14,15). The minimum atomic E-state index is 0.369. The highest BCUT2D eigenvalue weighted by Crippen LogP contribution is 2.33. The Morgan fingerprint density at radius 1 is 1.44 bits per heavy atom. The highest BCUT2D eigenvalue weighted by Gasteiger charge is 2.10. The molecule has 0 spiro atoms. The van der Waals surface area contributed by atoms with E-state index in [0.717, 1.165) is 22.6 Å². The summed E-state index contributed by atoms with van der Waals surface area (Å²) in [6.45, 7) is 1.93. The topological polar surface area (TPSA) is 63.9 Å².